The molecule has 0 bridgehead atoms. The van der Waals surface area contributed by atoms with Gasteiger partial charge in [-0.1, -0.05) is 84.0 Å². The first kappa shape index (κ1) is 24.2. The molecule has 1 heterocycles. The van der Waals surface area contributed by atoms with E-state index in [0.717, 1.165) is 23.2 Å². The summed E-state index contributed by atoms with van der Waals surface area (Å²) in [4.78, 5) is 10.8. The van der Waals surface area contributed by atoms with E-state index < -0.39 is 0 Å². The Kier molecular flexibility index (Phi) is 13.6. The van der Waals surface area contributed by atoms with Gasteiger partial charge in [0, 0.05) is 14.1 Å². The second kappa shape index (κ2) is 15.1. The van der Waals surface area contributed by atoms with Gasteiger partial charge in [0.2, 0.25) is 11.8 Å². The van der Waals surface area contributed by atoms with Crippen LogP contribution in [0.15, 0.2) is 4.47 Å². The molecule has 1 rings (SSSR count). The van der Waals surface area contributed by atoms with E-state index in [1.807, 2.05) is 25.9 Å². The van der Waals surface area contributed by atoms with Gasteiger partial charge in [0.1, 0.15) is 4.47 Å². The van der Waals surface area contributed by atoms with Crippen molar-refractivity contribution in [1.29, 1.82) is 0 Å². The third-order valence-corrected chi connectivity index (χ3v) is 5.77. The quantitative estimate of drug-likeness (QED) is 0.256. The fourth-order valence-electron chi connectivity index (χ4n) is 3.10. The standard InChI is InChI=1S/C22H40BrN3O/c1-5-6-7-8-9-10-11-12-13-14-15-16-17-18-27-21-20(23)19(2)24-22(25-21)26(3)4/h5-18H2,1-4H3. The first-order valence-electron chi connectivity index (χ1n) is 10.9. The summed E-state index contributed by atoms with van der Waals surface area (Å²) in [6.07, 6.45) is 17.7. The molecule has 0 saturated carbocycles. The van der Waals surface area contributed by atoms with E-state index in [4.69, 9.17) is 4.74 Å². The van der Waals surface area contributed by atoms with Crippen LogP contribution in [0.5, 0.6) is 5.88 Å². The van der Waals surface area contributed by atoms with E-state index in [1.165, 1.54) is 77.0 Å². The van der Waals surface area contributed by atoms with Gasteiger partial charge in [0.05, 0.1) is 12.3 Å². The minimum atomic E-state index is 0.658. The molecule has 0 aromatic carbocycles. The number of hydrogen-bond acceptors (Lipinski definition) is 4. The van der Waals surface area contributed by atoms with Crippen molar-refractivity contribution in [2.75, 3.05) is 25.6 Å². The summed E-state index contributed by atoms with van der Waals surface area (Å²) < 4.78 is 6.75. The number of aryl methyl sites for hydroxylation is 1. The zero-order chi connectivity index (χ0) is 19.9. The first-order valence-corrected chi connectivity index (χ1v) is 11.7. The van der Waals surface area contributed by atoms with Crippen molar-refractivity contribution in [3.8, 4) is 5.88 Å². The van der Waals surface area contributed by atoms with E-state index in [2.05, 4.69) is 32.8 Å². The maximum Gasteiger partial charge on any atom is 0.233 e. The van der Waals surface area contributed by atoms with Gasteiger partial charge in [-0.15, -0.1) is 0 Å². The van der Waals surface area contributed by atoms with Crippen LogP contribution < -0.4 is 9.64 Å². The summed E-state index contributed by atoms with van der Waals surface area (Å²) in [5, 5.41) is 0. The average molecular weight is 442 g/mol. The van der Waals surface area contributed by atoms with Crippen LogP contribution in [0.1, 0.15) is 96.1 Å². The van der Waals surface area contributed by atoms with Gasteiger partial charge >= 0.3 is 0 Å². The van der Waals surface area contributed by atoms with Crippen LogP contribution in [0.3, 0.4) is 0 Å². The van der Waals surface area contributed by atoms with Crippen LogP contribution in [0.25, 0.3) is 0 Å². The lowest BCUT2D eigenvalue weighted by Crippen LogP contribution is -2.14. The van der Waals surface area contributed by atoms with Crippen LogP contribution in [-0.4, -0.2) is 30.7 Å². The summed E-state index contributed by atoms with van der Waals surface area (Å²) in [6.45, 7) is 4.97. The molecule has 27 heavy (non-hydrogen) atoms. The molecule has 0 saturated heterocycles. The first-order chi connectivity index (χ1) is 13.1. The topological polar surface area (TPSA) is 38.2 Å². The molecule has 5 heteroatoms. The molecule has 0 aliphatic rings. The van der Waals surface area contributed by atoms with Crippen molar-refractivity contribution in [2.24, 2.45) is 0 Å². The minimum absolute atomic E-state index is 0.658. The molecule has 4 nitrogen and oxygen atoms in total. The molecule has 0 unspecified atom stereocenters. The van der Waals surface area contributed by atoms with Crippen molar-refractivity contribution < 1.29 is 4.74 Å². The molecule has 0 fully saturated rings. The van der Waals surface area contributed by atoms with Crippen molar-refractivity contribution in [1.82, 2.24) is 9.97 Å². The highest BCUT2D eigenvalue weighted by Crippen LogP contribution is 2.27. The van der Waals surface area contributed by atoms with Gasteiger partial charge in [-0.3, -0.25) is 0 Å². The van der Waals surface area contributed by atoms with Crippen molar-refractivity contribution in [2.45, 2.75) is 97.3 Å². The molecule has 1 aromatic rings. The molecule has 0 amide bonds. The number of hydrogen-bond donors (Lipinski definition) is 0. The summed E-state index contributed by atoms with van der Waals surface area (Å²) >= 11 is 3.54. The Morgan fingerprint density at radius 3 is 1.74 bits per heavy atom. The smallest absolute Gasteiger partial charge is 0.233 e. The number of anilines is 1. The highest BCUT2D eigenvalue weighted by molar-refractivity contribution is 9.10. The summed E-state index contributed by atoms with van der Waals surface area (Å²) in [5.74, 6) is 1.35. The molecular formula is C22H40BrN3O. The number of rotatable bonds is 16. The highest BCUT2D eigenvalue weighted by atomic mass is 79.9. The van der Waals surface area contributed by atoms with Crippen molar-refractivity contribution in [3.05, 3.63) is 10.2 Å². The number of ether oxygens (including phenoxy) is 1. The van der Waals surface area contributed by atoms with Crippen LogP contribution in [0.4, 0.5) is 5.95 Å². The lowest BCUT2D eigenvalue weighted by atomic mass is 10.0. The fraction of sp³-hybridized carbons (Fsp3) is 0.818. The Morgan fingerprint density at radius 1 is 0.778 bits per heavy atom. The zero-order valence-electron chi connectivity index (χ0n) is 18.0. The lowest BCUT2D eigenvalue weighted by Gasteiger charge is -2.14. The molecule has 1 aromatic heterocycles. The zero-order valence-corrected chi connectivity index (χ0v) is 19.6. The lowest BCUT2D eigenvalue weighted by molar-refractivity contribution is 0.290. The average Bonchev–Trinajstić information content (AvgIpc) is 2.64. The number of nitrogens with zero attached hydrogens (tertiary/aromatic N) is 3. The van der Waals surface area contributed by atoms with Crippen LogP contribution in [0.2, 0.25) is 0 Å². The van der Waals surface area contributed by atoms with Gasteiger partial charge < -0.3 is 9.64 Å². The van der Waals surface area contributed by atoms with Gasteiger partial charge in [0.15, 0.2) is 0 Å². The molecular weight excluding hydrogens is 402 g/mol. The van der Waals surface area contributed by atoms with E-state index in [0.29, 0.717) is 11.8 Å². The van der Waals surface area contributed by atoms with E-state index in [1.54, 1.807) is 0 Å². The maximum absolute atomic E-state index is 5.88. The Morgan fingerprint density at radius 2 is 1.26 bits per heavy atom. The van der Waals surface area contributed by atoms with Crippen molar-refractivity contribution in [3.63, 3.8) is 0 Å². The van der Waals surface area contributed by atoms with Crippen LogP contribution >= 0.6 is 15.9 Å². The Bertz CT molecular complexity index is 509. The third kappa shape index (κ3) is 10.9. The second-order valence-corrected chi connectivity index (χ2v) is 8.51. The Balaban J connectivity index is 2.02. The predicted molar refractivity (Wildman–Crippen MR) is 120 cm³/mol. The molecule has 156 valence electrons. The minimum Gasteiger partial charge on any atom is -0.477 e. The maximum atomic E-state index is 5.88. The van der Waals surface area contributed by atoms with Crippen molar-refractivity contribution >= 4 is 21.9 Å². The van der Waals surface area contributed by atoms with Crippen LogP contribution in [0, 0.1) is 6.92 Å². The SMILES string of the molecule is CCCCCCCCCCCCCCCOc1nc(N(C)C)nc(C)c1Br. The monoisotopic (exact) mass is 441 g/mol. The van der Waals surface area contributed by atoms with Gasteiger partial charge in [-0.25, -0.2) is 4.98 Å². The molecule has 0 spiro atoms. The third-order valence-electron chi connectivity index (χ3n) is 4.86. The second-order valence-electron chi connectivity index (χ2n) is 7.71. The number of aromatic nitrogens is 2. The summed E-state index contributed by atoms with van der Waals surface area (Å²) in [6, 6.07) is 0. The largest absolute Gasteiger partial charge is 0.477 e. The molecule has 0 radical (unpaired) electrons. The molecule has 0 atom stereocenters. The molecule has 0 N–H and O–H groups in total. The summed E-state index contributed by atoms with van der Waals surface area (Å²) in [5.41, 5.74) is 0.911. The molecule has 0 aliphatic carbocycles. The van der Waals surface area contributed by atoms with E-state index in [-0.39, 0.29) is 0 Å². The number of unbranched alkanes of at least 4 members (excludes halogenated alkanes) is 12. The van der Waals surface area contributed by atoms with E-state index in [9.17, 15) is 0 Å². The predicted octanol–water partition coefficient (Wildman–Crippen LogP) is 7.08. The van der Waals surface area contributed by atoms with Gasteiger partial charge in [-0.2, -0.15) is 4.98 Å². The molecule has 0 aliphatic heterocycles. The van der Waals surface area contributed by atoms with Gasteiger partial charge in [0.25, 0.3) is 0 Å². The van der Waals surface area contributed by atoms with Crippen LogP contribution in [-0.2, 0) is 0 Å². The number of halogens is 1. The normalized spacial score (nSPS) is 11.0. The van der Waals surface area contributed by atoms with E-state index >= 15 is 0 Å². The summed E-state index contributed by atoms with van der Waals surface area (Å²) in [7, 11) is 3.89. The van der Waals surface area contributed by atoms with Gasteiger partial charge in [-0.05, 0) is 29.3 Å². The fourth-order valence-corrected chi connectivity index (χ4v) is 3.39. The highest BCUT2D eigenvalue weighted by Gasteiger charge is 2.11. The Hall–Kier alpha value is -0.840. The Labute approximate surface area is 175 Å².